The number of nitrogens with zero attached hydrogens (tertiary/aromatic N) is 3. The number of benzene rings is 1. The summed E-state index contributed by atoms with van der Waals surface area (Å²) < 4.78 is 6.92. The molecule has 0 fully saturated rings. The van der Waals surface area contributed by atoms with E-state index in [4.69, 9.17) is 9.84 Å². The highest BCUT2D eigenvalue weighted by molar-refractivity contribution is 9.10. The summed E-state index contributed by atoms with van der Waals surface area (Å²) in [4.78, 5) is 22.6. The summed E-state index contributed by atoms with van der Waals surface area (Å²) in [7, 11) is 1.53. The summed E-state index contributed by atoms with van der Waals surface area (Å²) in [6.07, 6.45) is 1.18. The fraction of sp³-hybridized carbons (Fsp3) is 0.167. The van der Waals surface area contributed by atoms with Crippen LogP contribution in [0.25, 0.3) is 0 Å². The number of aromatic nitrogens is 3. The summed E-state index contributed by atoms with van der Waals surface area (Å²) in [5, 5.41) is 18.4. The molecule has 1 amide bonds. The Balaban J connectivity index is 2.05. The molecule has 9 heteroatoms. The molecule has 0 saturated carbocycles. The Morgan fingerprint density at radius 2 is 2.24 bits per heavy atom. The molecule has 0 unspecified atom stereocenters. The van der Waals surface area contributed by atoms with Crippen molar-refractivity contribution in [1.82, 2.24) is 15.0 Å². The van der Waals surface area contributed by atoms with Gasteiger partial charge in [-0.1, -0.05) is 5.21 Å². The van der Waals surface area contributed by atoms with E-state index in [-0.39, 0.29) is 18.1 Å². The van der Waals surface area contributed by atoms with Crippen molar-refractivity contribution >= 4 is 33.5 Å². The van der Waals surface area contributed by atoms with E-state index in [9.17, 15) is 9.59 Å². The number of nitrogens with one attached hydrogen (secondary N) is 1. The predicted octanol–water partition coefficient (Wildman–Crippen LogP) is 1.39. The first kappa shape index (κ1) is 15.0. The van der Waals surface area contributed by atoms with E-state index in [0.717, 1.165) is 4.68 Å². The van der Waals surface area contributed by atoms with Crippen LogP contribution in [0.4, 0.5) is 5.69 Å². The molecule has 1 aromatic heterocycles. The van der Waals surface area contributed by atoms with Gasteiger partial charge in [0.1, 0.15) is 12.3 Å². The van der Waals surface area contributed by atoms with Gasteiger partial charge in [-0.25, -0.2) is 9.48 Å². The first-order chi connectivity index (χ1) is 9.99. The third-order valence-electron chi connectivity index (χ3n) is 2.51. The molecular weight excluding hydrogens is 344 g/mol. The van der Waals surface area contributed by atoms with Crippen molar-refractivity contribution in [2.45, 2.75) is 6.54 Å². The average molecular weight is 355 g/mol. The van der Waals surface area contributed by atoms with Crippen LogP contribution in [0, 0.1) is 0 Å². The highest BCUT2D eigenvalue weighted by atomic mass is 79.9. The SMILES string of the molecule is COc1ccc(Br)c(NC(=O)Cn2cc(C(=O)O)nn2)c1. The van der Waals surface area contributed by atoms with E-state index in [1.165, 1.54) is 13.3 Å². The van der Waals surface area contributed by atoms with Crippen LogP contribution in [0.15, 0.2) is 28.9 Å². The van der Waals surface area contributed by atoms with Crippen LogP contribution in [0.5, 0.6) is 5.75 Å². The lowest BCUT2D eigenvalue weighted by atomic mass is 10.3. The van der Waals surface area contributed by atoms with Crippen LogP contribution >= 0.6 is 15.9 Å². The number of hydrogen-bond acceptors (Lipinski definition) is 5. The van der Waals surface area contributed by atoms with Crippen LogP contribution in [0.3, 0.4) is 0 Å². The van der Waals surface area contributed by atoms with Gasteiger partial charge in [0.2, 0.25) is 5.91 Å². The van der Waals surface area contributed by atoms with E-state index >= 15 is 0 Å². The Morgan fingerprint density at radius 3 is 2.86 bits per heavy atom. The Labute approximate surface area is 127 Å². The lowest BCUT2D eigenvalue weighted by molar-refractivity contribution is -0.116. The maximum Gasteiger partial charge on any atom is 0.358 e. The number of anilines is 1. The number of carbonyl (C=O) groups is 2. The maximum absolute atomic E-state index is 11.9. The van der Waals surface area contributed by atoms with Gasteiger partial charge in [-0.15, -0.1) is 5.10 Å². The van der Waals surface area contributed by atoms with Crippen LogP contribution in [0.1, 0.15) is 10.5 Å². The maximum atomic E-state index is 11.9. The Hall–Kier alpha value is -2.42. The molecule has 2 rings (SSSR count). The number of carboxylic acids is 1. The topological polar surface area (TPSA) is 106 Å². The van der Waals surface area contributed by atoms with Crippen molar-refractivity contribution in [2.24, 2.45) is 0 Å². The van der Waals surface area contributed by atoms with E-state index in [2.05, 4.69) is 31.6 Å². The first-order valence-electron chi connectivity index (χ1n) is 5.76. The molecule has 110 valence electrons. The Bertz CT molecular complexity index is 686. The summed E-state index contributed by atoms with van der Waals surface area (Å²) >= 11 is 3.31. The van der Waals surface area contributed by atoms with E-state index in [0.29, 0.717) is 15.9 Å². The second-order valence-electron chi connectivity index (χ2n) is 4.00. The summed E-state index contributed by atoms with van der Waals surface area (Å²) in [6, 6.07) is 5.15. The molecule has 21 heavy (non-hydrogen) atoms. The number of ether oxygens (including phenoxy) is 1. The molecule has 0 aliphatic heterocycles. The molecule has 0 bridgehead atoms. The number of carbonyl (C=O) groups excluding carboxylic acids is 1. The molecule has 1 aromatic carbocycles. The summed E-state index contributed by atoms with van der Waals surface area (Å²) in [5.41, 5.74) is 0.322. The zero-order chi connectivity index (χ0) is 15.4. The second kappa shape index (κ2) is 6.35. The van der Waals surface area contributed by atoms with Crippen LogP contribution in [-0.4, -0.2) is 39.1 Å². The molecule has 2 N–H and O–H groups in total. The predicted molar refractivity (Wildman–Crippen MR) is 76.3 cm³/mol. The van der Waals surface area contributed by atoms with Gasteiger partial charge < -0.3 is 15.2 Å². The average Bonchev–Trinajstić information content (AvgIpc) is 2.90. The molecule has 0 aliphatic rings. The molecule has 0 saturated heterocycles. The molecule has 1 heterocycles. The first-order valence-corrected chi connectivity index (χ1v) is 6.55. The van der Waals surface area contributed by atoms with Crippen molar-refractivity contribution in [3.8, 4) is 5.75 Å². The van der Waals surface area contributed by atoms with Gasteiger partial charge in [-0.2, -0.15) is 0 Å². The smallest absolute Gasteiger partial charge is 0.358 e. The van der Waals surface area contributed by atoms with Crippen molar-refractivity contribution in [2.75, 3.05) is 12.4 Å². The van der Waals surface area contributed by atoms with Gasteiger partial charge >= 0.3 is 5.97 Å². The number of amides is 1. The van der Waals surface area contributed by atoms with E-state index in [1.54, 1.807) is 18.2 Å². The molecule has 0 spiro atoms. The highest BCUT2D eigenvalue weighted by Crippen LogP contribution is 2.27. The molecule has 0 radical (unpaired) electrons. The molecule has 0 atom stereocenters. The minimum atomic E-state index is -1.20. The zero-order valence-corrected chi connectivity index (χ0v) is 12.5. The number of aromatic carboxylic acids is 1. The number of rotatable bonds is 5. The number of methoxy groups -OCH3 is 1. The van der Waals surface area contributed by atoms with Gasteiger partial charge in [0.15, 0.2) is 5.69 Å². The van der Waals surface area contributed by atoms with Gasteiger partial charge in [-0.05, 0) is 28.1 Å². The third-order valence-corrected chi connectivity index (χ3v) is 3.20. The van der Waals surface area contributed by atoms with Crippen molar-refractivity contribution in [1.29, 1.82) is 0 Å². The molecular formula is C12H11BrN4O4. The van der Waals surface area contributed by atoms with Crippen molar-refractivity contribution in [3.63, 3.8) is 0 Å². The van der Waals surface area contributed by atoms with E-state index < -0.39 is 5.97 Å². The van der Waals surface area contributed by atoms with Gasteiger partial charge in [0, 0.05) is 10.5 Å². The standard InChI is InChI=1S/C12H11BrN4O4/c1-21-7-2-3-8(13)9(4-7)14-11(18)6-17-5-10(12(19)20)15-16-17/h2-5H,6H2,1H3,(H,14,18)(H,19,20). The number of carboxylic acid groups (broad SMARTS) is 1. The quantitative estimate of drug-likeness (QED) is 0.840. The normalized spacial score (nSPS) is 10.2. The fourth-order valence-corrected chi connectivity index (χ4v) is 1.88. The minimum Gasteiger partial charge on any atom is -0.497 e. The fourth-order valence-electron chi connectivity index (χ4n) is 1.54. The number of halogens is 1. The highest BCUT2D eigenvalue weighted by Gasteiger charge is 2.12. The van der Waals surface area contributed by atoms with Crippen LogP contribution in [-0.2, 0) is 11.3 Å². The van der Waals surface area contributed by atoms with Gasteiger partial charge in [0.25, 0.3) is 0 Å². The summed E-state index contributed by atoms with van der Waals surface area (Å²) in [5.74, 6) is -0.967. The monoisotopic (exact) mass is 354 g/mol. The Morgan fingerprint density at radius 1 is 1.48 bits per heavy atom. The van der Waals surface area contributed by atoms with Gasteiger partial charge in [0.05, 0.1) is 19.0 Å². The van der Waals surface area contributed by atoms with Crippen molar-refractivity contribution < 1.29 is 19.4 Å². The van der Waals surface area contributed by atoms with Crippen molar-refractivity contribution in [3.05, 3.63) is 34.6 Å². The van der Waals surface area contributed by atoms with E-state index in [1.807, 2.05) is 0 Å². The van der Waals surface area contributed by atoms with Crippen LogP contribution < -0.4 is 10.1 Å². The zero-order valence-electron chi connectivity index (χ0n) is 10.9. The largest absolute Gasteiger partial charge is 0.497 e. The Kier molecular flexibility index (Phi) is 4.53. The second-order valence-corrected chi connectivity index (χ2v) is 4.85. The molecule has 0 aliphatic carbocycles. The molecule has 2 aromatic rings. The lowest BCUT2D eigenvalue weighted by Gasteiger charge is -2.09. The van der Waals surface area contributed by atoms with Gasteiger partial charge in [-0.3, -0.25) is 4.79 Å². The van der Waals surface area contributed by atoms with Crippen LogP contribution in [0.2, 0.25) is 0 Å². The number of hydrogen-bond donors (Lipinski definition) is 2. The molecule has 8 nitrogen and oxygen atoms in total. The third kappa shape index (κ3) is 3.78. The summed E-state index contributed by atoms with van der Waals surface area (Å²) in [6.45, 7) is -0.149. The minimum absolute atomic E-state index is 0.149. The lowest BCUT2D eigenvalue weighted by Crippen LogP contribution is -2.19.